The summed E-state index contributed by atoms with van der Waals surface area (Å²) in [5, 5.41) is 0. The molecule has 0 aliphatic heterocycles. The van der Waals surface area contributed by atoms with Gasteiger partial charge >= 0.3 is 5.97 Å². The molecule has 0 bridgehead atoms. The molecule has 0 N–H and O–H groups in total. The molecule has 1 aliphatic rings. The molecular formula is C20H30O2. The molecule has 0 heterocycles. The van der Waals surface area contributed by atoms with E-state index in [9.17, 15) is 4.79 Å². The number of hydrogen-bond donors (Lipinski definition) is 0. The van der Waals surface area contributed by atoms with Gasteiger partial charge in [0, 0.05) is 0 Å². The van der Waals surface area contributed by atoms with Crippen molar-refractivity contribution < 1.29 is 9.53 Å². The van der Waals surface area contributed by atoms with Crippen molar-refractivity contribution in [2.75, 3.05) is 7.11 Å². The molecule has 2 heteroatoms. The van der Waals surface area contributed by atoms with Crippen LogP contribution in [0.15, 0.2) is 24.3 Å². The molecule has 1 aromatic rings. The number of ether oxygens (including phenoxy) is 1. The van der Waals surface area contributed by atoms with E-state index >= 15 is 0 Å². The van der Waals surface area contributed by atoms with Crippen LogP contribution in [-0.4, -0.2) is 13.1 Å². The van der Waals surface area contributed by atoms with Gasteiger partial charge < -0.3 is 4.74 Å². The highest BCUT2D eigenvalue weighted by Crippen LogP contribution is 2.37. The summed E-state index contributed by atoms with van der Waals surface area (Å²) in [7, 11) is 1.44. The van der Waals surface area contributed by atoms with Crippen LogP contribution in [0.25, 0.3) is 0 Å². The number of benzene rings is 1. The first kappa shape index (κ1) is 17.1. The van der Waals surface area contributed by atoms with Crippen LogP contribution in [0.5, 0.6) is 0 Å². The summed E-state index contributed by atoms with van der Waals surface area (Å²) < 4.78 is 4.71. The number of methoxy groups -OCH3 is 1. The van der Waals surface area contributed by atoms with Crippen LogP contribution in [0, 0.1) is 5.92 Å². The molecule has 2 rings (SSSR count). The summed E-state index contributed by atoms with van der Waals surface area (Å²) in [6.07, 6.45) is 11.4. The van der Waals surface area contributed by atoms with Crippen LogP contribution >= 0.6 is 0 Å². The van der Waals surface area contributed by atoms with Gasteiger partial charge in [-0.15, -0.1) is 0 Å². The highest BCUT2D eigenvalue weighted by molar-refractivity contribution is 5.72. The maximum absolute atomic E-state index is 11.3. The molecule has 1 saturated carbocycles. The Bertz CT molecular complexity index is 441. The van der Waals surface area contributed by atoms with Crippen LogP contribution in [0.4, 0.5) is 0 Å². The standard InChI is InChI=1S/C20H30O2/c1-3-4-5-6-16-7-11-18(12-8-16)19-13-9-17(10-14-19)15-20(21)22-2/h9-10,13-14,16,18H,3-8,11-12,15H2,1-2H3/t16-,18-. The molecule has 22 heavy (non-hydrogen) atoms. The fourth-order valence-corrected chi connectivity index (χ4v) is 3.61. The van der Waals surface area contributed by atoms with Crippen molar-refractivity contribution in [1.29, 1.82) is 0 Å². The predicted molar refractivity (Wildman–Crippen MR) is 91.0 cm³/mol. The van der Waals surface area contributed by atoms with E-state index in [1.807, 2.05) is 0 Å². The van der Waals surface area contributed by atoms with Crippen molar-refractivity contribution in [1.82, 2.24) is 0 Å². The summed E-state index contributed by atoms with van der Waals surface area (Å²) in [6.45, 7) is 2.28. The summed E-state index contributed by atoms with van der Waals surface area (Å²) in [4.78, 5) is 11.3. The third kappa shape index (κ3) is 5.15. The molecule has 122 valence electrons. The van der Waals surface area contributed by atoms with Crippen molar-refractivity contribution in [3.63, 3.8) is 0 Å². The first-order chi connectivity index (χ1) is 10.7. The van der Waals surface area contributed by atoms with E-state index in [-0.39, 0.29) is 5.97 Å². The number of hydrogen-bond acceptors (Lipinski definition) is 2. The highest BCUT2D eigenvalue weighted by atomic mass is 16.5. The van der Waals surface area contributed by atoms with Gasteiger partial charge in [-0.3, -0.25) is 4.79 Å². The summed E-state index contributed by atoms with van der Waals surface area (Å²) in [5.74, 6) is 1.51. The number of carbonyl (C=O) groups is 1. The molecule has 1 fully saturated rings. The van der Waals surface area contributed by atoms with Gasteiger partial charge in [0.25, 0.3) is 0 Å². The minimum absolute atomic E-state index is 0.166. The second-order valence-electron chi connectivity index (χ2n) is 6.71. The Morgan fingerprint density at radius 1 is 1.09 bits per heavy atom. The summed E-state index contributed by atoms with van der Waals surface area (Å²) in [5.41, 5.74) is 2.49. The number of rotatable bonds is 7. The third-order valence-electron chi connectivity index (χ3n) is 5.09. The average Bonchev–Trinajstić information content (AvgIpc) is 2.56. The Hall–Kier alpha value is -1.31. The molecule has 0 amide bonds. The Labute approximate surface area is 135 Å². The Morgan fingerprint density at radius 3 is 2.36 bits per heavy atom. The SMILES string of the molecule is CCCCC[C@H]1CC[C@H](c2ccc(CC(=O)OC)cc2)CC1. The third-order valence-corrected chi connectivity index (χ3v) is 5.09. The molecule has 0 atom stereocenters. The lowest BCUT2D eigenvalue weighted by Gasteiger charge is -2.29. The van der Waals surface area contributed by atoms with Gasteiger partial charge in [0.05, 0.1) is 13.5 Å². The van der Waals surface area contributed by atoms with E-state index < -0.39 is 0 Å². The van der Waals surface area contributed by atoms with Gasteiger partial charge in [0.2, 0.25) is 0 Å². The number of esters is 1. The maximum atomic E-state index is 11.3. The smallest absolute Gasteiger partial charge is 0.309 e. The van der Waals surface area contributed by atoms with E-state index in [0.717, 1.165) is 17.4 Å². The van der Waals surface area contributed by atoms with Crippen LogP contribution in [0.3, 0.4) is 0 Å². The first-order valence-corrected chi connectivity index (χ1v) is 8.88. The molecule has 0 unspecified atom stereocenters. The van der Waals surface area contributed by atoms with Gasteiger partial charge in [0.1, 0.15) is 0 Å². The summed E-state index contributed by atoms with van der Waals surface area (Å²) >= 11 is 0. The topological polar surface area (TPSA) is 26.3 Å². The number of unbranched alkanes of at least 4 members (excludes halogenated alkanes) is 2. The van der Waals surface area contributed by atoms with E-state index in [1.165, 1.54) is 64.0 Å². The molecular weight excluding hydrogens is 272 g/mol. The largest absolute Gasteiger partial charge is 0.469 e. The second-order valence-corrected chi connectivity index (χ2v) is 6.71. The van der Waals surface area contributed by atoms with Crippen LogP contribution in [-0.2, 0) is 16.0 Å². The van der Waals surface area contributed by atoms with Crippen LogP contribution in [0.1, 0.15) is 75.3 Å². The molecule has 0 saturated heterocycles. The van der Waals surface area contributed by atoms with Crippen molar-refractivity contribution in [2.24, 2.45) is 5.92 Å². The molecule has 0 spiro atoms. The normalized spacial score (nSPS) is 21.5. The van der Waals surface area contributed by atoms with Crippen molar-refractivity contribution in [2.45, 2.75) is 70.6 Å². The second kappa shape index (κ2) is 8.97. The maximum Gasteiger partial charge on any atom is 0.309 e. The van der Waals surface area contributed by atoms with E-state index in [1.54, 1.807) is 0 Å². The molecule has 2 nitrogen and oxygen atoms in total. The highest BCUT2D eigenvalue weighted by Gasteiger charge is 2.22. The molecule has 0 radical (unpaired) electrons. The zero-order valence-electron chi connectivity index (χ0n) is 14.1. The fourth-order valence-electron chi connectivity index (χ4n) is 3.61. The van der Waals surface area contributed by atoms with E-state index in [2.05, 4.69) is 31.2 Å². The number of carbonyl (C=O) groups excluding carboxylic acids is 1. The van der Waals surface area contributed by atoms with Gasteiger partial charge in [0.15, 0.2) is 0 Å². The predicted octanol–water partition coefficient (Wildman–Crippen LogP) is 5.26. The van der Waals surface area contributed by atoms with Gasteiger partial charge in [-0.2, -0.15) is 0 Å². The van der Waals surface area contributed by atoms with Crippen molar-refractivity contribution >= 4 is 5.97 Å². The lowest BCUT2D eigenvalue weighted by Crippen LogP contribution is -2.13. The zero-order chi connectivity index (χ0) is 15.8. The first-order valence-electron chi connectivity index (χ1n) is 8.88. The van der Waals surface area contributed by atoms with Crippen LogP contribution in [0.2, 0.25) is 0 Å². The molecule has 0 aromatic heterocycles. The van der Waals surface area contributed by atoms with E-state index in [0.29, 0.717) is 6.42 Å². The monoisotopic (exact) mass is 302 g/mol. The van der Waals surface area contributed by atoms with Gasteiger partial charge in [-0.1, -0.05) is 56.9 Å². The average molecular weight is 302 g/mol. The quantitative estimate of drug-likeness (QED) is 0.507. The minimum atomic E-state index is -0.166. The van der Waals surface area contributed by atoms with Crippen molar-refractivity contribution in [3.8, 4) is 0 Å². The molecule has 1 aromatic carbocycles. The molecule has 1 aliphatic carbocycles. The Balaban J connectivity index is 1.80. The minimum Gasteiger partial charge on any atom is -0.469 e. The van der Waals surface area contributed by atoms with Crippen LogP contribution < -0.4 is 0 Å². The van der Waals surface area contributed by atoms with Gasteiger partial charge in [-0.05, 0) is 48.6 Å². The van der Waals surface area contributed by atoms with Crippen molar-refractivity contribution in [3.05, 3.63) is 35.4 Å². The lowest BCUT2D eigenvalue weighted by atomic mass is 9.77. The fraction of sp³-hybridized carbons (Fsp3) is 0.650. The van der Waals surface area contributed by atoms with Gasteiger partial charge in [-0.25, -0.2) is 0 Å². The zero-order valence-corrected chi connectivity index (χ0v) is 14.1. The Morgan fingerprint density at radius 2 is 1.77 bits per heavy atom. The lowest BCUT2D eigenvalue weighted by molar-refractivity contribution is -0.139. The van der Waals surface area contributed by atoms with E-state index in [4.69, 9.17) is 4.74 Å². The Kier molecular flexibility index (Phi) is 6.95. The summed E-state index contributed by atoms with van der Waals surface area (Å²) in [6, 6.07) is 8.58.